The largest absolute Gasteiger partial charge is 0.379 e. The van der Waals surface area contributed by atoms with Crippen LogP contribution in [-0.4, -0.2) is 55.2 Å². The summed E-state index contributed by atoms with van der Waals surface area (Å²) in [4.78, 5) is 5.09. The van der Waals surface area contributed by atoms with E-state index in [4.69, 9.17) is 4.74 Å². The van der Waals surface area contributed by atoms with E-state index in [1.54, 1.807) is 12.1 Å². The molecule has 0 spiro atoms. The molecule has 128 valence electrons. The van der Waals surface area contributed by atoms with Crippen LogP contribution in [0.2, 0.25) is 0 Å². The highest BCUT2D eigenvalue weighted by Crippen LogP contribution is 2.24. The summed E-state index contributed by atoms with van der Waals surface area (Å²) in [5, 5.41) is 0. The van der Waals surface area contributed by atoms with Gasteiger partial charge in [-0.3, -0.25) is 9.80 Å². The zero-order chi connectivity index (χ0) is 16.1. The smallest absolute Gasteiger partial charge is 0.123 e. The number of benzene rings is 1. The Morgan fingerprint density at radius 1 is 1.17 bits per heavy atom. The van der Waals surface area contributed by atoms with Gasteiger partial charge in [0.25, 0.3) is 0 Å². The molecule has 1 aromatic carbocycles. The van der Waals surface area contributed by atoms with Crippen LogP contribution in [0.25, 0.3) is 0 Å². The maximum Gasteiger partial charge on any atom is 0.123 e. The molecule has 0 aliphatic carbocycles. The molecule has 0 radical (unpaired) electrons. The second kappa shape index (κ2) is 8.22. The molecule has 2 aliphatic heterocycles. The summed E-state index contributed by atoms with van der Waals surface area (Å²) in [5.74, 6) is -0.118. The van der Waals surface area contributed by atoms with Crippen LogP contribution >= 0.6 is 0 Å². The maximum absolute atomic E-state index is 13.6. The van der Waals surface area contributed by atoms with Crippen LogP contribution < -0.4 is 0 Å². The molecule has 0 N–H and O–H groups in total. The van der Waals surface area contributed by atoms with Gasteiger partial charge in [0, 0.05) is 25.7 Å². The predicted molar refractivity (Wildman–Crippen MR) is 91.1 cm³/mol. The number of piperidine rings is 1. The molecule has 0 unspecified atom stereocenters. The SMILES string of the molecule is Cc1ccc(F)cc1CN1CCCC[C@H]1CCN1CCOCC1. The number of hydrogen-bond acceptors (Lipinski definition) is 3. The molecular formula is C19H29FN2O. The van der Waals surface area contributed by atoms with E-state index in [-0.39, 0.29) is 5.82 Å². The van der Waals surface area contributed by atoms with E-state index in [2.05, 4.69) is 16.7 Å². The first-order valence-electron chi connectivity index (χ1n) is 9.01. The van der Waals surface area contributed by atoms with E-state index in [0.717, 1.165) is 51.5 Å². The third kappa shape index (κ3) is 4.75. The van der Waals surface area contributed by atoms with E-state index in [9.17, 15) is 4.39 Å². The van der Waals surface area contributed by atoms with Gasteiger partial charge >= 0.3 is 0 Å². The molecule has 2 aliphatic rings. The van der Waals surface area contributed by atoms with Crippen molar-refractivity contribution in [3.63, 3.8) is 0 Å². The molecule has 23 heavy (non-hydrogen) atoms. The van der Waals surface area contributed by atoms with Crippen molar-refractivity contribution in [3.8, 4) is 0 Å². The fourth-order valence-corrected chi connectivity index (χ4v) is 3.78. The molecule has 3 rings (SSSR count). The van der Waals surface area contributed by atoms with E-state index < -0.39 is 0 Å². The van der Waals surface area contributed by atoms with Gasteiger partial charge in [-0.1, -0.05) is 12.5 Å². The summed E-state index contributed by atoms with van der Waals surface area (Å²) in [7, 11) is 0. The van der Waals surface area contributed by atoms with Gasteiger partial charge in [-0.2, -0.15) is 0 Å². The van der Waals surface area contributed by atoms with Crippen molar-refractivity contribution < 1.29 is 9.13 Å². The van der Waals surface area contributed by atoms with Crippen molar-refractivity contribution in [1.82, 2.24) is 9.80 Å². The van der Waals surface area contributed by atoms with Crippen molar-refractivity contribution in [2.45, 2.75) is 45.2 Å². The molecule has 1 atom stereocenters. The van der Waals surface area contributed by atoms with E-state index in [1.807, 2.05) is 6.07 Å². The van der Waals surface area contributed by atoms with Gasteiger partial charge in [-0.15, -0.1) is 0 Å². The van der Waals surface area contributed by atoms with E-state index in [1.165, 1.54) is 31.2 Å². The number of rotatable bonds is 5. The zero-order valence-electron chi connectivity index (χ0n) is 14.3. The Labute approximate surface area is 139 Å². The second-order valence-electron chi connectivity index (χ2n) is 6.93. The minimum atomic E-state index is -0.118. The summed E-state index contributed by atoms with van der Waals surface area (Å²) in [6.45, 7) is 9.15. The third-order valence-corrected chi connectivity index (χ3v) is 5.32. The lowest BCUT2D eigenvalue weighted by molar-refractivity contribution is 0.0302. The lowest BCUT2D eigenvalue weighted by atomic mass is 9.97. The Hall–Kier alpha value is -0.970. The maximum atomic E-state index is 13.6. The molecule has 2 heterocycles. The van der Waals surface area contributed by atoms with Crippen molar-refractivity contribution in [2.75, 3.05) is 39.4 Å². The molecular weight excluding hydrogens is 291 g/mol. The van der Waals surface area contributed by atoms with Gasteiger partial charge in [-0.05, 0) is 62.5 Å². The lowest BCUT2D eigenvalue weighted by Crippen LogP contribution is -2.43. The topological polar surface area (TPSA) is 15.7 Å². The number of morpholine rings is 1. The first kappa shape index (κ1) is 16.9. The molecule has 2 fully saturated rings. The van der Waals surface area contributed by atoms with E-state index in [0.29, 0.717) is 6.04 Å². The van der Waals surface area contributed by atoms with Gasteiger partial charge < -0.3 is 4.74 Å². The zero-order valence-corrected chi connectivity index (χ0v) is 14.3. The molecule has 3 nitrogen and oxygen atoms in total. The highest BCUT2D eigenvalue weighted by molar-refractivity contribution is 5.26. The monoisotopic (exact) mass is 320 g/mol. The van der Waals surface area contributed by atoms with Crippen LogP contribution in [0.1, 0.15) is 36.8 Å². The molecule has 1 aromatic rings. The Bertz CT molecular complexity index is 502. The average molecular weight is 320 g/mol. The fourth-order valence-electron chi connectivity index (χ4n) is 3.78. The van der Waals surface area contributed by atoms with Gasteiger partial charge in [0.1, 0.15) is 5.82 Å². The van der Waals surface area contributed by atoms with Crippen LogP contribution in [0.4, 0.5) is 4.39 Å². The van der Waals surface area contributed by atoms with Crippen molar-refractivity contribution in [3.05, 3.63) is 35.1 Å². The van der Waals surface area contributed by atoms with Crippen LogP contribution in [0, 0.1) is 12.7 Å². The first-order chi connectivity index (χ1) is 11.2. The number of ether oxygens (including phenoxy) is 1. The third-order valence-electron chi connectivity index (χ3n) is 5.32. The van der Waals surface area contributed by atoms with Gasteiger partial charge in [0.2, 0.25) is 0 Å². The minimum absolute atomic E-state index is 0.118. The van der Waals surface area contributed by atoms with Gasteiger partial charge in [0.15, 0.2) is 0 Å². The molecule has 0 saturated carbocycles. The van der Waals surface area contributed by atoms with Gasteiger partial charge in [0.05, 0.1) is 13.2 Å². The average Bonchev–Trinajstić information content (AvgIpc) is 2.58. The fraction of sp³-hybridized carbons (Fsp3) is 0.684. The second-order valence-corrected chi connectivity index (χ2v) is 6.93. The molecule has 4 heteroatoms. The first-order valence-corrected chi connectivity index (χ1v) is 9.01. The number of aryl methyl sites for hydroxylation is 1. The van der Waals surface area contributed by atoms with Gasteiger partial charge in [-0.25, -0.2) is 4.39 Å². The summed E-state index contributed by atoms with van der Waals surface area (Å²) < 4.78 is 19.0. The number of hydrogen-bond donors (Lipinski definition) is 0. The normalized spacial score (nSPS) is 24.0. The van der Waals surface area contributed by atoms with Crippen LogP contribution in [-0.2, 0) is 11.3 Å². The number of nitrogens with zero attached hydrogens (tertiary/aromatic N) is 2. The molecule has 0 amide bonds. The molecule has 0 bridgehead atoms. The minimum Gasteiger partial charge on any atom is -0.379 e. The standard InChI is InChI=1S/C19H29FN2O/c1-16-5-6-18(20)14-17(16)15-22-8-3-2-4-19(22)7-9-21-10-12-23-13-11-21/h5-6,14,19H,2-4,7-13,15H2,1H3/t19-/m0/s1. The highest BCUT2D eigenvalue weighted by Gasteiger charge is 2.24. The van der Waals surface area contributed by atoms with Crippen molar-refractivity contribution >= 4 is 0 Å². The van der Waals surface area contributed by atoms with Crippen LogP contribution in [0.15, 0.2) is 18.2 Å². The molecule has 2 saturated heterocycles. The summed E-state index contributed by atoms with van der Waals surface area (Å²) in [6.07, 6.45) is 5.09. The van der Waals surface area contributed by atoms with E-state index >= 15 is 0 Å². The van der Waals surface area contributed by atoms with Crippen LogP contribution in [0.3, 0.4) is 0 Å². The Morgan fingerprint density at radius 2 is 2.00 bits per heavy atom. The Balaban J connectivity index is 1.58. The Kier molecular flexibility index (Phi) is 6.03. The Morgan fingerprint density at radius 3 is 2.83 bits per heavy atom. The van der Waals surface area contributed by atoms with Crippen molar-refractivity contribution in [1.29, 1.82) is 0 Å². The predicted octanol–water partition coefficient (Wildman–Crippen LogP) is 3.21. The lowest BCUT2D eigenvalue weighted by Gasteiger charge is -2.37. The molecule has 0 aromatic heterocycles. The summed E-state index contributed by atoms with van der Waals surface area (Å²) >= 11 is 0. The van der Waals surface area contributed by atoms with Crippen molar-refractivity contribution in [2.24, 2.45) is 0 Å². The number of halogens is 1. The summed E-state index contributed by atoms with van der Waals surface area (Å²) in [6, 6.07) is 5.81. The summed E-state index contributed by atoms with van der Waals surface area (Å²) in [5.41, 5.74) is 2.34. The highest BCUT2D eigenvalue weighted by atomic mass is 19.1. The van der Waals surface area contributed by atoms with Crippen LogP contribution in [0.5, 0.6) is 0 Å². The number of likely N-dealkylation sites (tertiary alicyclic amines) is 1. The quantitative estimate of drug-likeness (QED) is 0.828.